The molecule has 0 fully saturated rings. The Morgan fingerprint density at radius 1 is 1.18 bits per heavy atom. The summed E-state index contributed by atoms with van der Waals surface area (Å²) in [6.07, 6.45) is 1.60. The highest BCUT2D eigenvalue weighted by atomic mass is 16.5. The van der Waals surface area contributed by atoms with Crippen molar-refractivity contribution in [1.82, 2.24) is 15.5 Å². The summed E-state index contributed by atoms with van der Waals surface area (Å²) in [7, 11) is 0. The van der Waals surface area contributed by atoms with Crippen LogP contribution in [0, 0.1) is 0 Å². The molecule has 0 aliphatic carbocycles. The van der Waals surface area contributed by atoms with Gasteiger partial charge in [-0.25, -0.2) is 0 Å². The van der Waals surface area contributed by atoms with Crippen LogP contribution in [0.1, 0.15) is 11.5 Å². The normalized spacial score (nSPS) is 14.6. The summed E-state index contributed by atoms with van der Waals surface area (Å²) in [5.74, 6) is 1.69. The van der Waals surface area contributed by atoms with E-state index in [4.69, 9.17) is 8.94 Å². The zero-order valence-electron chi connectivity index (χ0n) is 12.0. The van der Waals surface area contributed by atoms with Crippen molar-refractivity contribution in [3.63, 3.8) is 0 Å². The van der Waals surface area contributed by atoms with E-state index in [1.54, 1.807) is 6.26 Å². The second-order valence-electron chi connectivity index (χ2n) is 5.22. The zero-order valence-corrected chi connectivity index (χ0v) is 12.0. The lowest BCUT2D eigenvalue weighted by molar-refractivity contribution is 0.375. The number of anilines is 1. The molecule has 112 valence electrons. The summed E-state index contributed by atoms with van der Waals surface area (Å²) < 4.78 is 10.7. The van der Waals surface area contributed by atoms with Crippen molar-refractivity contribution in [2.75, 3.05) is 18.0 Å². The molecule has 4 rings (SSSR count). The molecule has 1 aliphatic heterocycles. The van der Waals surface area contributed by atoms with Crippen LogP contribution in [0.3, 0.4) is 0 Å². The minimum Gasteiger partial charge on any atom is -0.461 e. The summed E-state index contributed by atoms with van der Waals surface area (Å²) >= 11 is 0. The molecule has 3 aromatic rings. The molecule has 0 unspecified atom stereocenters. The Balaban J connectivity index is 1.58. The van der Waals surface area contributed by atoms with E-state index in [2.05, 4.69) is 44.6 Å². The number of furan rings is 1. The number of benzene rings is 1. The topological polar surface area (TPSA) is 67.3 Å². The predicted octanol–water partition coefficient (Wildman–Crippen LogP) is 2.44. The van der Waals surface area contributed by atoms with Crippen LogP contribution >= 0.6 is 0 Å². The van der Waals surface area contributed by atoms with Crippen molar-refractivity contribution < 1.29 is 8.94 Å². The maximum atomic E-state index is 5.36. The highest BCUT2D eigenvalue weighted by molar-refractivity contribution is 5.54. The summed E-state index contributed by atoms with van der Waals surface area (Å²) in [5, 5.41) is 7.40. The van der Waals surface area contributed by atoms with E-state index in [-0.39, 0.29) is 0 Å². The first-order valence-electron chi connectivity index (χ1n) is 7.30. The number of hydrogen-bond donors (Lipinski definition) is 1. The van der Waals surface area contributed by atoms with Gasteiger partial charge in [-0.2, -0.15) is 4.98 Å². The van der Waals surface area contributed by atoms with Gasteiger partial charge in [-0.1, -0.05) is 23.4 Å². The van der Waals surface area contributed by atoms with Gasteiger partial charge in [-0.3, -0.25) is 0 Å². The van der Waals surface area contributed by atoms with Crippen molar-refractivity contribution >= 4 is 5.69 Å². The van der Waals surface area contributed by atoms with Gasteiger partial charge in [-0.15, -0.1) is 0 Å². The van der Waals surface area contributed by atoms with E-state index in [9.17, 15) is 0 Å². The fourth-order valence-corrected chi connectivity index (χ4v) is 2.68. The van der Waals surface area contributed by atoms with Crippen molar-refractivity contribution in [2.24, 2.45) is 0 Å². The number of aromatic nitrogens is 2. The first-order valence-corrected chi connectivity index (χ1v) is 7.30. The second-order valence-corrected chi connectivity index (χ2v) is 5.22. The molecule has 3 heterocycles. The van der Waals surface area contributed by atoms with E-state index in [1.807, 2.05) is 12.1 Å². The van der Waals surface area contributed by atoms with E-state index in [0.29, 0.717) is 24.0 Å². The van der Waals surface area contributed by atoms with Gasteiger partial charge in [0.25, 0.3) is 0 Å². The molecule has 6 heteroatoms. The fourth-order valence-electron chi connectivity index (χ4n) is 2.68. The van der Waals surface area contributed by atoms with E-state index < -0.39 is 0 Å². The molecular weight excluding hydrogens is 280 g/mol. The number of hydrogen-bond acceptors (Lipinski definition) is 6. The number of nitrogens with zero attached hydrogens (tertiary/aromatic N) is 3. The van der Waals surface area contributed by atoms with Gasteiger partial charge in [0.05, 0.1) is 12.8 Å². The molecule has 2 aromatic heterocycles. The van der Waals surface area contributed by atoms with Gasteiger partial charge in [-0.05, 0) is 23.8 Å². The molecule has 1 N–H and O–H groups in total. The molecule has 1 aromatic carbocycles. The molecule has 0 saturated heterocycles. The highest BCUT2D eigenvalue weighted by Gasteiger charge is 2.18. The minimum atomic E-state index is 0.487. The molecule has 1 aliphatic rings. The first-order chi connectivity index (χ1) is 10.9. The average molecular weight is 296 g/mol. The monoisotopic (exact) mass is 296 g/mol. The van der Waals surface area contributed by atoms with Gasteiger partial charge in [0.1, 0.15) is 0 Å². The molecule has 0 bridgehead atoms. The van der Waals surface area contributed by atoms with E-state index >= 15 is 0 Å². The molecule has 0 saturated carbocycles. The van der Waals surface area contributed by atoms with Crippen LogP contribution in [0.5, 0.6) is 0 Å². The quantitative estimate of drug-likeness (QED) is 0.800. The SMILES string of the molecule is c1coc(-c2noc(CN3CCNCc4ccccc43)n2)c1. The Morgan fingerprint density at radius 3 is 3.05 bits per heavy atom. The molecule has 22 heavy (non-hydrogen) atoms. The van der Waals surface area contributed by atoms with E-state index in [1.165, 1.54) is 11.3 Å². The van der Waals surface area contributed by atoms with Crippen LogP contribution in [0.25, 0.3) is 11.6 Å². The predicted molar refractivity (Wildman–Crippen MR) is 81.2 cm³/mol. The third-order valence-electron chi connectivity index (χ3n) is 3.74. The van der Waals surface area contributed by atoms with Gasteiger partial charge in [0, 0.05) is 25.3 Å². The summed E-state index contributed by atoms with van der Waals surface area (Å²) in [6, 6.07) is 12.0. The highest BCUT2D eigenvalue weighted by Crippen LogP contribution is 2.24. The minimum absolute atomic E-state index is 0.487. The van der Waals surface area contributed by atoms with Crippen LogP contribution in [-0.4, -0.2) is 23.2 Å². The van der Waals surface area contributed by atoms with Gasteiger partial charge >= 0.3 is 0 Å². The van der Waals surface area contributed by atoms with Gasteiger partial charge < -0.3 is 19.2 Å². The zero-order chi connectivity index (χ0) is 14.8. The molecule has 0 atom stereocenters. The number of fused-ring (bicyclic) bond motifs is 1. The number of para-hydroxylation sites is 1. The van der Waals surface area contributed by atoms with Crippen molar-refractivity contribution in [2.45, 2.75) is 13.1 Å². The third kappa shape index (κ3) is 2.48. The fraction of sp³-hybridized carbons (Fsp3) is 0.250. The summed E-state index contributed by atoms with van der Waals surface area (Å²) in [5.41, 5.74) is 2.50. The average Bonchev–Trinajstić information content (AvgIpc) is 3.18. The van der Waals surface area contributed by atoms with Crippen LogP contribution in [0.15, 0.2) is 51.6 Å². The Kier molecular flexibility index (Phi) is 3.36. The summed E-state index contributed by atoms with van der Waals surface area (Å²) in [4.78, 5) is 6.68. The maximum absolute atomic E-state index is 5.36. The summed E-state index contributed by atoms with van der Waals surface area (Å²) in [6.45, 7) is 3.30. The molecule has 0 radical (unpaired) electrons. The van der Waals surface area contributed by atoms with Crippen molar-refractivity contribution in [1.29, 1.82) is 0 Å². The van der Waals surface area contributed by atoms with Crippen molar-refractivity contribution in [3.05, 3.63) is 54.1 Å². The molecule has 0 spiro atoms. The number of nitrogens with one attached hydrogen (secondary N) is 1. The number of rotatable bonds is 3. The van der Waals surface area contributed by atoms with E-state index in [0.717, 1.165) is 19.6 Å². The van der Waals surface area contributed by atoms with Crippen LogP contribution < -0.4 is 10.2 Å². The second kappa shape index (κ2) is 5.65. The van der Waals surface area contributed by atoms with Crippen LogP contribution in [0.4, 0.5) is 5.69 Å². The molecule has 0 amide bonds. The maximum Gasteiger partial charge on any atom is 0.246 e. The smallest absolute Gasteiger partial charge is 0.246 e. The Morgan fingerprint density at radius 2 is 2.14 bits per heavy atom. The van der Waals surface area contributed by atoms with Crippen LogP contribution in [0.2, 0.25) is 0 Å². The van der Waals surface area contributed by atoms with Crippen molar-refractivity contribution in [3.8, 4) is 11.6 Å². The lowest BCUT2D eigenvalue weighted by Crippen LogP contribution is -2.28. The Hall–Kier alpha value is -2.60. The Labute approximate surface area is 127 Å². The molecule has 6 nitrogen and oxygen atoms in total. The third-order valence-corrected chi connectivity index (χ3v) is 3.74. The molecular formula is C16H16N4O2. The Bertz CT molecular complexity index is 751. The lowest BCUT2D eigenvalue weighted by atomic mass is 10.1. The van der Waals surface area contributed by atoms with Gasteiger partial charge in [0.2, 0.25) is 11.7 Å². The standard InChI is InChI=1S/C16H16N4O2/c1-2-5-13-12(4-1)10-17-7-8-20(13)11-15-18-16(19-22-15)14-6-3-9-21-14/h1-6,9,17H,7-8,10-11H2. The largest absolute Gasteiger partial charge is 0.461 e. The first kappa shape index (κ1) is 13.1. The lowest BCUT2D eigenvalue weighted by Gasteiger charge is -2.22. The van der Waals surface area contributed by atoms with Gasteiger partial charge in [0.15, 0.2) is 5.76 Å². The van der Waals surface area contributed by atoms with Crippen LogP contribution in [-0.2, 0) is 13.1 Å².